The van der Waals surface area contributed by atoms with Crippen LogP contribution < -0.4 is 19.5 Å². The first-order chi connectivity index (χ1) is 17.4. The molecule has 0 aliphatic rings. The summed E-state index contributed by atoms with van der Waals surface area (Å²) in [4.78, 5) is 27.7. The third kappa shape index (κ3) is 7.39. The number of methoxy groups -OCH3 is 2. The molecule has 0 saturated carbocycles. The maximum atomic E-state index is 13.2. The van der Waals surface area contributed by atoms with Gasteiger partial charge in [-0.1, -0.05) is 60.1 Å². The van der Waals surface area contributed by atoms with E-state index < -0.39 is 6.04 Å². The van der Waals surface area contributed by atoms with Gasteiger partial charge in [0, 0.05) is 13.1 Å². The molecular weight excluding hydrogens is 480 g/mol. The zero-order chi connectivity index (χ0) is 25.9. The molecule has 0 radical (unpaired) electrons. The highest BCUT2D eigenvalue weighted by atomic mass is 35.5. The molecule has 36 heavy (non-hydrogen) atoms. The highest BCUT2D eigenvalue weighted by molar-refractivity contribution is 6.32. The Morgan fingerprint density at radius 2 is 1.58 bits per heavy atom. The predicted molar refractivity (Wildman–Crippen MR) is 140 cm³/mol. The van der Waals surface area contributed by atoms with Crippen molar-refractivity contribution in [2.75, 3.05) is 27.4 Å². The standard InChI is InChI=1S/C28H31ClN2O5/c1-20(28(33)30-16-15-21-13-14-25(34-2)26(17-21)35-3)31(18-22-9-5-4-6-10-22)27(32)19-36-24-12-8-7-11-23(24)29/h4-14,17,20H,15-16,18-19H2,1-3H3,(H,30,33). The highest BCUT2D eigenvalue weighted by Crippen LogP contribution is 2.27. The van der Waals surface area contributed by atoms with E-state index in [1.807, 2.05) is 48.5 Å². The molecule has 0 bridgehead atoms. The second-order valence-electron chi connectivity index (χ2n) is 8.13. The Morgan fingerprint density at radius 1 is 0.889 bits per heavy atom. The fraction of sp³-hybridized carbons (Fsp3) is 0.286. The second-order valence-corrected chi connectivity index (χ2v) is 8.54. The number of ether oxygens (including phenoxy) is 3. The van der Waals surface area contributed by atoms with Gasteiger partial charge in [0.05, 0.1) is 19.2 Å². The van der Waals surface area contributed by atoms with Crippen LogP contribution in [0.1, 0.15) is 18.1 Å². The van der Waals surface area contributed by atoms with E-state index in [4.69, 9.17) is 25.8 Å². The van der Waals surface area contributed by atoms with Gasteiger partial charge in [-0.05, 0) is 48.7 Å². The predicted octanol–water partition coefficient (Wildman–Crippen LogP) is 4.51. The molecule has 2 amide bonds. The minimum absolute atomic E-state index is 0.236. The van der Waals surface area contributed by atoms with Crippen LogP contribution in [0.25, 0.3) is 0 Å². The molecule has 0 aliphatic carbocycles. The molecule has 0 aromatic heterocycles. The molecule has 3 rings (SSSR count). The van der Waals surface area contributed by atoms with Crippen LogP contribution in [0.15, 0.2) is 72.8 Å². The van der Waals surface area contributed by atoms with Crippen molar-refractivity contribution in [2.45, 2.75) is 25.9 Å². The Hall–Kier alpha value is -3.71. The van der Waals surface area contributed by atoms with Crippen molar-refractivity contribution in [1.29, 1.82) is 0 Å². The topological polar surface area (TPSA) is 77.1 Å². The van der Waals surface area contributed by atoms with E-state index >= 15 is 0 Å². The lowest BCUT2D eigenvalue weighted by atomic mass is 10.1. The molecule has 8 heteroatoms. The van der Waals surface area contributed by atoms with Crippen molar-refractivity contribution in [3.05, 3.63) is 88.9 Å². The number of benzene rings is 3. The van der Waals surface area contributed by atoms with Gasteiger partial charge in [0.2, 0.25) is 5.91 Å². The molecule has 190 valence electrons. The molecule has 7 nitrogen and oxygen atoms in total. The fourth-order valence-corrected chi connectivity index (χ4v) is 3.85. The molecule has 0 heterocycles. The number of hydrogen-bond acceptors (Lipinski definition) is 5. The number of rotatable bonds is 12. The lowest BCUT2D eigenvalue weighted by Gasteiger charge is -2.29. The molecule has 1 unspecified atom stereocenters. The van der Waals surface area contributed by atoms with Crippen LogP contribution in [0.3, 0.4) is 0 Å². The average molecular weight is 511 g/mol. The first-order valence-corrected chi connectivity index (χ1v) is 12.0. The number of hydrogen-bond donors (Lipinski definition) is 1. The number of nitrogens with one attached hydrogen (secondary N) is 1. The highest BCUT2D eigenvalue weighted by Gasteiger charge is 2.26. The van der Waals surface area contributed by atoms with Crippen LogP contribution in [0.2, 0.25) is 5.02 Å². The summed E-state index contributed by atoms with van der Waals surface area (Å²) >= 11 is 6.14. The number of halogens is 1. The summed E-state index contributed by atoms with van der Waals surface area (Å²) in [7, 11) is 3.17. The van der Waals surface area contributed by atoms with E-state index in [9.17, 15) is 9.59 Å². The number of carbonyl (C=O) groups is 2. The summed E-state index contributed by atoms with van der Waals surface area (Å²) in [6.07, 6.45) is 0.598. The lowest BCUT2D eigenvalue weighted by molar-refractivity contribution is -0.142. The van der Waals surface area contributed by atoms with Crippen molar-refractivity contribution < 1.29 is 23.8 Å². The summed E-state index contributed by atoms with van der Waals surface area (Å²) in [6, 6.07) is 21.4. The van der Waals surface area contributed by atoms with Crippen molar-refractivity contribution in [1.82, 2.24) is 10.2 Å². The number of amides is 2. The van der Waals surface area contributed by atoms with Crippen LogP contribution in [-0.2, 0) is 22.6 Å². The first kappa shape index (κ1) is 26.9. The molecule has 3 aromatic carbocycles. The Morgan fingerprint density at radius 3 is 2.28 bits per heavy atom. The van der Waals surface area contributed by atoms with Gasteiger partial charge in [0.1, 0.15) is 11.8 Å². The molecule has 0 saturated heterocycles. The maximum Gasteiger partial charge on any atom is 0.261 e. The van der Waals surface area contributed by atoms with Gasteiger partial charge in [0.25, 0.3) is 5.91 Å². The quantitative estimate of drug-likeness (QED) is 0.388. The summed E-state index contributed by atoms with van der Waals surface area (Å²) in [6.45, 7) is 2.15. The average Bonchev–Trinajstić information content (AvgIpc) is 2.91. The van der Waals surface area contributed by atoms with Gasteiger partial charge < -0.3 is 24.4 Å². The van der Waals surface area contributed by atoms with E-state index in [2.05, 4.69) is 5.32 Å². The second kappa shape index (κ2) is 13.4. The SMILES string of the molecule is COc1ccc(CCNC(=O)C(C)N(Cc2ccccc2)C(=O)COc2ccccc2Cl)cc1OC. The van der Waals surface area contributed by atoms with Crippen LogP contribution in [-0.4, -0.2) is 50.1 Å². The Kier molecular flexibility index (Phi) is 10.0. The Balaban J connectivity index is 1.64. The fourth-order valence-electron chi connectivity index (χ4n) is 3.66. The largest absolute Gasteiger partial charge is 0.493 e. The van der Waals surface area contributed by atoms with E-state index in [-0.39, 0.29) is 25.0 Å². The monoisotopic (exact) mass is 510 g/mol. The lowest BCUT2D eigenvalue weighted by Crippen LogP contribution is -2.49. The third-order valence-corrected chi connectivity index (χ3v) is 6.02. The maximum absolute atomic E-state index is 13.2. The number of carbonyl (C=O) groups excluding carboxylic acids is 2. The number of nitrogens with zero attached hydrogens (tertiary/aromatic N) is 1. The van der Waals surface area contributed by atoms with Crippen molar-refractivity contribution in [3.8, 4) is 17.2 Å². The smallest absolute Gasteiger partial charge is 0.261 e. The summed E-state index contributed by atoms with van der Waals surface area (Å²) in [5, 5.41) is 3.35. The number of para-hydroxylation sites is 1. The molecule has 1 N–H and O–H groups in total. The Labute approximate surface area is 216 Å². The zero-order valence-electron chi connectivity index (χ0n) is 20.7. The van der Waals surface area contributed by atoms with Crippen LogP contribution in [0, 0.1) is 0 Å². The zero-order valence-corrected chi connectivity index (χ0v) is 21.5. The molecule has 3 aromatic rings. The van der Waals surface area contributed by atoms with Crippen LogP contribution in [0.4, 0.5) is 0 Å². The molecule has 1 atom stereocenters. The molecule has 0 fully saturated rings. The van der Waals surface area contributed by atoms with Crippen molar-refractivity contribution in [3.63, 3.8) is 0 Å². The van der Waals surface area contributed by atoms with Crippen LogP contribution >= 0.6 is 11.6 Å². The van der Waals surface area contributed by atoms with Gasteiger partial charge in [-0.2, -0.15) is 0 Å². The van der Waals surface area contributed by atoms with Crippen molar-refractivity contribution in [2.24, 2.45) is 0 Å². The van der Waals surface area contributed by atoms with E-state index in [1.54, 1.807) is 45.4 Å². The van der Waals surface area contributed by atoms with Gasteiger partial charge in [-0.25, -0.2) is 0 Å². The minimum atomic E-state index is -0.710. The Bertz CT molecular complexity index is 1160. The molecular formula is C28H31ClN2O5. The molecule has 0 aliphatic heterocycles. The van der Waals surface area contributed by atoms with Gasteiger partial charge in [-0.3, -0.25) is 9.59 Å². The summed E-state index contributed by atoms with van der Waals surface area (Å²) < 4.78 is 16.3. The van der Waals surface area contributed by atoms with E-state index in [0.717, 1.165) is 11.1 Å². The van der Waals surface area contributed by atoms with Gasteiger partial charge in [0.15, 0.2) is 18.1 Å². The summed E-state index contributed by atoms with van der Waals surface area (Å²) in [5.74, 6) is 1.12. The van der Waals surface area contributed by atoms with E-state index in [1.165, 1.54) is 4.90 Å². The summed E-state index contributed by atoms with van der Waals surface area (Å²) in [5.41, 5.74) is 1.90. The normalized spacial score (nSPS) is 11.3. The van der Waals surface area contributed by atoms with Gasteiger partial charge >= 0.3 is 0 Å². The van der Waals surface area contributed by atoms with Gasteiger partial charge in [-0.15, -0.1) is 0 Å². The first-order valence-electron chi connectivity index (χ1n) is 11.6. The van der Waals surface area contributed by atoms with Crippen LogP contribution in [0.5, 0.6) is 17.2 Å². The van der Waals surface area contributed by atoms with Crippen molar-refractivity contribution >= 4 is 23.4 Å². The molecule has 0 spiro atoms. The van der Waals surface area contributed by atoms with E-state index in [0.29, 0.717) is 35.2 Å². The minimum Gasteiger partial charge on any atom is -0.493 e. The third-order valence-electron chi connectivity index (χ3n) is 5.71.